The van der Waals surface area contributed by atoms with Crippen LogP contribution in [-0.4, -0.2) is 44.6 Å². The Morgan fingerprint density at radius 2 is 1.81 bits per heavy atom. The number of nitrogens with zero attached hydrogens (tertiary/aromatic N) is 3. The Bertz CT molecular complexity index is 1140. The van der Waals surface area contributed by atoms with E-state index < -0.39 is 5.91 Å². The van der Waals surface area contributed by atoms with Gasteiger partial charge in [0.15, 0.2) is 10.6 Å². The highest BCUT2D eigenvalue weighted by Crippen LogP contribution is 2.29. The number of hydrogen-bond donors (Lipinski definition) is 2. The number of para-hydroxylation sites is 1. The Balaban J connectivity index is 1.73. The molecule has 10 heteroatoms. The highest BCUT2D eigenvalue weighted by atomic mass is 35.5. The fraction of sp³-hybridized carbons (Fsp3) is 0.238. The molecule has 2 N–H and O–H groups in total. The van der Waals surface area contributed by atoms with Gasteiger partial charge >= 0.3 is 0 Å². The molecule has 162 valence electrons. The minimum Gasteiger partial charge on any atom is -0.332 e. The number of benzene rings is 2. The highest BCUT2D eigenvalue weighted by molar-refractivity contribution is 7.71. The Hall–Kier alpha value is -2.68. The lowest BCUT2D eigenvalue weighted by Gasteiger charge is -2.21. The van der Waals surface area contributed by atoms with E-state index in [2.05, 4.69) is 15.5 Å². The molecule has 0 spiro atoms. The predicted octanol–water partition coefficient (Wildman–Crippen LogP) is 4.71. The second-order valence-electron chi connectivity index (χ2n) is 6.86. The fourth-order valence-corrected chi connectivity index (χ4v) is 3.66. The molecule has 3 rings (SSSR count). The van der Waals surface area contributed by atoms with Gasteiger partial charge in [0.2, 0.25) is 11.8 Å². The number of nitrogens with one attached hydrogen (secondary N) is 2. The summed E-state index contributed by atoms with van der Waals surface area (Å²) in [5, 5.41) is 10.3. The number of aromatic amines is 1. The van der Waals surface area contributed by atoms with E-state index in [1.165, 1.54) is 4.90 Å². The third-order valence-corrected chi connectivity index (χ3v) is 5.60. The van der Waals surface area contributed by atoms with E-state index in [-0.39, 0.29) is 19.0 Å². The molecule has 2 amide bonds. The maximum Gasteiger partial charge on any atom is 0.244 e. The molecule has 0 saturated carbocycles. The van der Waals surface area contributed by atoms with Crippen molar-refractivity contribution in [3.05, 3.63) is 62.8 Å². The highest BCUT2D eigenvalue weighted by Gasteiger charge is 2.20. The van der Waals surface area contributed by atoms with Crippen molar-refractivity contribution < 1.29 is 9.59 Å². The van der Waals surface area contributed by atoms with Crippen molar-refractivity contribution in [3.8, 4) is 11.4 Å². The lowest BCUT2D eigenvalue weighted by atomic mass is 10.1. The summed E-state index contributed by atoms with van der Waals surface area (Å²) in [4.78, 5) is 26.9. The molecule has 0 aliphatic rings. The summed E-state index contributed by atoms with van der Waals surface area (Å²) >= 11 is 17.5. The van der Waals surface area contributed by atoms with Gasteiger partial charge in [-0.15, -0.1) is 0 Å². The van der Waals surface area contributed by atoms with Crippen LogP contribution in [-0.2, 0) is 16.1 Å². The number of anilines is 1. The Labute approximate surface area is 195 Å². The normalized spacial score (nSPS) is 10.7. The Morgan fingerprint density at radius 3 is 2.42 bits per heavy atom. The van der Waals surface area contributed by atoms with Crippen molar-refractivity contribution in [2.75, 3.05) is 18.4 Å². The van der Waals surface area contributed by atoms with E-state index in [0.717, 1.165) is 11.1 Å². The van der Waals surface area contributed by atoms with Crippen LogP contribution < -0.4 is 5.32 Å². The number of carbonyl (C=O) groups excluding carboxylic acids is 2. The second-order valence-corrected chi connectivity index (χ2v) is 8.06. The van der Waals surface area contributed by atoms with Gasteiger partial charge in [0, 0.05) is 12.1 Å². The monoisotopic (exact) mass is 477 g/mol. The third-order valence-electron chi connectivity index (χ3n) is 4.66. The first kappa shape index (κ1) is 23.0. The summed E-state index contributed by atoms with van der Waals surface area (Å²) in [6, 6.07) is 12.7. The summed E-state index contributed by atoms with van der Waals surface area (Å²) in [5.41, 5.74) is 2.26. The van der Waals surface area contributed by atoms with Gasteiger partial charge < -0.3 is 10.2 Å². The average Bonchev–Trinajstić information content (AvgIpc) is 3.09. The maximum absolute atomic E-state index is 12.9. The van der Waals surface area contributed by atoms with Gasteiger partial charge in [-0.25, -0.2) is 0 Å². The lowest BCUT2D eigenvalue weighted by molar-refractivity contribution is -0.135. The van der Waals surface area contributed by atoms with Gasteiger partial charge in [0.25, 0.3) is 0 Å². The molecule has 7 nitrogen and oxygen atoms in total. The summed E-state index contributed by atoms with van der Waals surface area (Å²) in [6.45, 7) is 3.93. The average molecular weight is 478 g/mol. The first-order chi connectivity index (χ1) is 14.8. The molecule has 0 unspecified atom stereocenters. The molecule has 0 fully saturated rings. The van der Waals surface area contributed by atoms with Crippen LogP contribution in [0.5, 0.6) is 0 Å². The maximum atomic E-state index is 12.9. The smallest absolute Gasteiger partial charge is 0.244 e. The first-order valence-electron chi connectivity index (χ1n) is 9.54. The molecular weight excluding hydrogens is 457 g/mol. The van der Waals surface area contributed by atoms with E-state index in [1.54, 1.807) is 29.7 Å². The molecule has 2 aromatic carbocycles. The minimum absolute atomic E-state index is 0.0491. The van der Waals surface area contributed by atoms with Crippen molar-refractivity contribution in [2.24, 2.45) is 0 Å². The number of H-pyrrole nitrogens is 1. The molecule has 0 saturated heterocycles. The van der Waals surface area contributed by atoms with Crippen molar-refractivity contribution in [1.82, 2.24) is 19.7 Å². The topological polar surface area (TPSA) is 83.0 Å². The number of aromatic nitrogens is 3. The van der Waals surface area contributed by atoms with E-state index in [0.29, 0.717) is 32.9 Å². The molecule has 0 aliphatic heterocycles. The quantitative estimate of drug-likeness (QED) is 0.482. The predicted molar refractivity (Wildman–Crippen MR) is 125 cm³/mol. The summed E-state index contributed by atoms with van der Waals surface area (Å²) in [6.07, 6.45) is 0. The van der Waals surface area contributed by atoms with Crippen molar-refractivity contribution >= 4 is 52.9 Å². The minimum atomic E-state index is -0.403. The van der Waals surface area contributed by atoms with E-state index in [9.17, 15) is 9.59 Å². The van der Waals surface area contributed by atoms with Crippen LogP contribution >= 0.6 is 35.4 Å². The van der Waals surface area contributed by atoms with E-state index >= 15 is 0 Å². The zero-order valence-electron chi connectivity index (χ0n) is 17.0. The van der Waals surface area contributed by atoms with Gasteiger partial charge in [0.1, 0.15) is 6.54 Å². The number of rotatable bonds is 7. The van der Waals surface area contributed by atoms with Crippen molar-refractivity contribution in [1.29, 1.82) is 0 Å². The van der Waals surface area contributed by atoms with Crippen LogP contribution in [0.4, 0.5) is 5.69 Å². The van der Waals surface area contributed by atoms with Gasteiger partial charge in [-0.1, -0.05) is 59.1 Å². The zero-order valence-corrected chi connectivity index (χ0v) is 19.3. The largest absolute Gasteiger partial charge is 0.332 e. The Morgan fingerprint density at radius 1 is 1.16 bits per heavy atom. The summed E-state index contributed by atoms with van der Waals surface area (Å²) in [7, 11) is 0. The van der Waals surface area contributed by atoms with Gasteiger partial charge in [0.05, 0.1) is 22.3 Å². The van der Waals surface area contributed by atoms with Crippen LogP contribution in [0.1, 0.15) is 12.5 Å². The number of amides is 2. The zero-order chi connectivity index (χ0) is 22.5. The van der Waals surface area contributed by atoms with E-state index in [1.807, 2.05) is 31.2 Å². The van der Waals surface area contributed by atoms with Crippen molar-refractivity contribution in [3.63, 3.8) is 0 Å². The van der Waals surface area contributed by atoms with E-state index in [4.69, 9.17) is 35.4 Å². The standard InChI is InChI=1S/C21H21Cl2N5O2S/c1-3-27(11-17(29)24-19-15(22)5-4-6-16(19)23)18(30)12-28-20(25-26-21(28)31)14-9-7-13(2)8-10-14/h4-10H,3,11-12H2,1-2H3,(H,24,29)(H,26,31). The molecule has 0 bridgehead atoms. The number of hydrogen-bond acceptors (Lipinski definition) is 4. The molecule has 1 aromatic heterocycles. The summed E-state index contributed by atoms with van der Waals surface area (Å²) in [5.74, 6) is -0.116. The van der Waals surface area contributed by atoms with Crippen LogP contribution in [0.3, 0.4) is 0 Å². The molecule has 0 radical (unpaired) electrons. The molecule has 3 aromatic rings. The van der Waals surface area contributed by atoms with Crippen LogP contribution in [0.15, 0.2) is 42.5 Å². The number of carbonyl (C=O) groups is 2. The van der Waals surface area contributed by atoms with Crippen LogP contribution in [0.2, 0.25) is 10.0 Å². The van der Waals surface area contributed by atoms with Gasteiger partial charge in [-0.05, 0) is 38.2 Å². The summed E-state index contributed by atoms with van der Waals surface area (Å²) < 4.78 is 1.95. The van der Waals surface area contributed by atoms with Gasteiger partial charge in [-0.2, -0.15) is 5.10 Å². The molecule has 31 heavy (non-hydrogen) atoms. The van der Waals surface area contributed by atoms with Crippen molar-refractivity contribution in [2.45, 2.75) is 20.4 Å². The third kappa shape index (κ3) is 5.52. The molecule has 1 heterocycles. The van der Waals surface area contributed by atoms with Crippen LogP contribution in [0, 0.1) is 11.7 Å². The van der Waals surface area contributed by atoms with Gasteiger partial charge in [-0.3, -0.25) is 19.3 Å². The number of likely N-dealkylation sites (N-methyl/N-ethyl adjacent to an activating group) is 1. The molecule has 0 aliphatic carbocycles. The molecular formula is C21H21Cl2N5O2S. The van der Waals surface area contributed by atoms with Crippen LogP contribution in [0.25, 0.3) is 11.4 Å². The molecule has 0 atom stereocenters. The fourth-order valence-electron chi connectivity index (χ4n) is 2.97. The Kier molecular flexibility index (Phi) is 7.48. The second kappa shape index (κ2) is 10.1. The SMILES string of the molecule is CCN(CC(=O)Nc1c(Cl)cccc1Cl)C(=O)Cn1c(-c2ccc(C)cc2)n[nH]c1=S. The number of aryl methyl sites for hydroxylation is 1. The first-order valence-corrected chi connectivity index (χ1v) is 10.7. The lowest BCUT2D eigenvalue weighted by Crippen LogP contribution is -2.39. The number of halogens is 2.